The van der Waals surface area contributed by atoms with Gasteiger partial charge in [-0.2, -0.15) is 0 Å². The van der Waals surface area contributed by atoms with Crippen molar-refractivity contribution in [3.8, 4) is 0 Å². The van der Waals surface area contributed by atoms with Gasteiger partial charge in [0.1, 0.15) is 5.71 Å². The van der Waals surface area contributed by atoms with Crippen molar-refractivity contribution in [2.75, 3.05) is 18.1 Å². The fraction of sp³-hybridized carbons (Fsp3) is 0.688. The molecule has 0 radical (unpaired) electrons. The molecule has 4 bridgehead atoms. The smallest absolute Gasteiger partial charge is 0.344 e. The third kappa shape index (κ3) is 6.45. The van der Waals surface area contributed by atoms with Gasteiger partial charge in [0.2, 0.25) is 12.5 Å². The van der Waals surface area contributed by atoms with Crippen LogP contribution in [0.15, 0.2) is 34.4 Å². The Balaban J connectivity index is 1.23. The standard InChI is InChI=1S/C32H45N5O4/c33-31(38)13-12-27(35-41-20-32(39)40)29-19-36(30-11-4-3-10-28(30)34-29)25-17-23-8-5-9-24(18-25)37(23)26-15-21-6-1-2-7-22(14-21)16-26/h3-4,10-11,21-26H,1-2,5-9,12-20H2,(H2,33,38)(H,39,40). The van der Waals surface area contributed by atoms with Gasteiger partial charge in [0, 0.05) is 37.0 Å². The Kier molecular flexibility index (Phi) is 8.60. The number of piperidine rings is 2. The highest BCUT2D eigenvalue weighted by atomic mass is 16.6. The summed E-state index contributed by atoms with van der Waals surface area (Å²) in [7, 11) is 0. The van der Waals surface area contributed by atoms with Gasteiger partial charge in [-0.25, -0.2) is 9.79 Å². The number of carbonyl (C=O) groups excluding carboxylic acids is 1. The number of carbonyl (C=O) groups is 2. The maximum Gasteiger partial charge on any atom is 0.344 e. The lowest BCUT2D eigenvalue weighted by Crippen LogP contribution is -2.61. The van der Waals surface area contributed by atoms with Gasteiger partial charge in [0.15, 0.2) is 0 Å². The Morgan fingerprint density at radius 3 is 2.29 bits per heavy atom. The molecule has 2 saturated carbocycles. The predicted octanol–water partition coefficient (Wildman–Crippen LogP) is 5.05. The number of primary amides is 1. The number of nitrogens with zero attached hydrogens (tertiary/aromatic N) is 4. The number of fused-ring (bicyclic) bond motifs is 5. The molecular formula is C32H45N5O4. The first-order valence-corrected chi connectivity index (χ1v) is 15.8. The summed E-state index contributed by atoms with van der Waals surface area (Å²) in [4.78, 5) is 38.2. The maximum atomic E-state index is 11.6. The number of carboxylic acid groups (broad SMARTS) is 1. The lowest BCUT2D eigenvalue weighted by atomic mass is 9.73. The van der Waals surface area contributed by atoms with Crippen LogP contribution in [0.25, 0.3) is 0 Å². The van der Waals surface area contributed by atoms with Crippen LogP contribution in [0.4, 0.5) is 11.4 Å². The summed E-state index contributed by atoms with van der Waals surface area (Å²) in [6.45, 7) is 0.0150. The molecule has 41 heavy (non-hydrogen) atoms. The summed E-state index contributed by atoms with van der Waals surface area (Å²) in [5, 5.41) is 13.2. The Hall–Kier alpha value is -2.94. The van der Waals surface area contributed by atoms with Crippen molar-refractivity contribution in [1.82, 2.24) is 4.90 Å². The zero-order valence-electron chi connectivity index (χ0n) is 24.1. The van der Waals surface area contributed by atoms with E-state index in [4.69, 9.17) is 20.7 Å². The predicted molar refractivity (Wildman–Crippen MR) is 160 cm³/mol. The monoisotopic (exact) mass is 563 g/mol. The number of carboxylic acids is 1. The van der Waals surface area contributed by atoms with Crippen LogP contribution in [0.5, 0.6) is 0 Å². The molecule has 4 fully saturated rings. The third-order valence-electron chi connectivity index (χ3n) is 10.3. The van der Waals surface area contributed by atoms with Crippen LogP contribution in [0, 0.1) is 11.8 Å². The number of anilines is 1. The Bertz CT molecular complexity index is 1160. The Morgan fingerprint density at radius 2 is 1.61 bits per heavy atom. The highest BCUT2D eigenvalue weighted by molar-refractivity contribution is 6.44. The molecule has 9 nitrogen and oxygen atoms in total. The number of aliphatic carboxylic acids is 1. The second-order valence-corrected chi connectivity index (χ2v) is 13.0. The van der Waals surface area contributed by atoms with E-state index < -0.39 is 18.5 Å². The first-order valence-electron chi connectivity index (χ1n) is 15.8. The van der Waals surface area contributed by atoms with Crippen LogP contribution >= 0.6 is 0 Å². The fourth-order valence-corrected chi connectivity index (χ4v) is 8.71. The molecule has 1 aromatic rings. The van der Waals surface area contributed by atoms with Gasteiger partial charge in [-0.05, 0) is 68.9 Å². The minimum Gasteiger partial charge on any atom is -0.479 e. The molecule has 4 unspecified atom stereocenters. The van der Waals surface area contributed by atoms with Crippen molar-refractivity contribution in [3.05, 3.63) is 24.3 Å². The number of hydrogen-bond acceptors (Lipinski definition) is 7. The number of rotatable bonds is 9. The quantitative estimate of drug-likeness (QED) is 0.321. The molecular weight excluding hydrogens is 518 g/mol. The van der Waals surface area contributed by atoms with Crippen molar-refractivity contribution in [2.45, 2.75) is 114 Å². The van der Waals surface area contributed by atoms with E-state index in [1.165, 1.54) is 64.2 Å². The molecule has 0 spiro atoms. The van der Waals surface area contributed by atoms with E-state index in [0.717, 1.165) is 47.8 Å². The van der Waals surface area contributed by atoms with Crippen molar-refractivity contribution in [1.29, 1.82) is 0 Å². The van der Waals surface area contributed by atoms with Gasteiger partial charge >= 0.3 is 5.97 Å². The lowest BCUT2D eigenvalue weighted by molar-refractivity contribution is -0.142. The van der Waals surface area contributed by atoms with Crippen LogP contribution < -0.4 is 10.6 Å². The third-order valence-corrected chi connectivity index (χ3v) is 10.3. The average Bonchev–Trinajstić information content (AvgIpc) is 3.12. The minimum absolute atomic E-state index is 0.0991. The largest absolute Gasteiger partial charge is 0.479 e. The highest BCUT2D eigenvalue weighted by Gasteiger charge is 2.46. The van der Waals surface area contributed by atoms with E-state index in [1.54, 1.807) is 0 Å². The molecule has 9 heteroatoms. The number of nitrogens with two attached hydrogens (primary N) is 1. The maximum absolute atomic E-state index is 11.6. The summed E-state index contributed by atoms with van der Waals surface area (Å²) < 4.78 is 0. The van der Waals surface area contributed by atoms with E-state index in [-0.39, 0.29) is 12.8 Å². The van der Waals surface area contributed by atoms with Crippen LogP contribution in [0.2, 0.25) is 0 Å². The number of para-hydroxylation sites is 2. The zero-order valence-corrected chi connectivity index (χ0v) is 24.1. The molecule has 222 valence electrons. The highest BCUT2D eigenvalue weighted by Crippen LogP contribution is 2.47. The van der Waals surface area contributed by atoms with Crippen LogP contribution in [-0.2, 0) is 14.4 Å². The van der Waals surface area contributed by atoms with Gasteiger partial charge in [-0.15, -0.1) is 0 Å². The molecule has 3 aliphatic heterocycles. The number of amides is 1. The lowest BCUT2D eigenvalue weighted by Gasteiger charge is -2.56. The van der Waals surface area contributed by atoms with Gasteiger partial charge in [0.05, 0.1) is 23.6 Å². The van der Waals surface area contributed by atoms with Crippen molar-refractivity contribution >= 4 is 34.7 Å². The molecule has 2 saturated heterocycles. The van der Waals surface area contributed by atoms with E-state index in [0.29, 0.717) is 30.4 Å². The SMILES string of the molecule is NC(=O)CCC(=NOCC(=O)O)C1=Nc2ccccc2N(C2CC3CCCC(C2)N3C2CC3CCCCC(C3)C2)C1. The fourth-order valence-electron chi connectivity index (χ4n) is 8.71. The molecule has 1 amide bonds. The van der Waals surface area contributed by atoms with E-state index in [2.05, 4.69) is 27.1 Å². The first kappa shape index (κ1) is 28.2. The Labute approximate surface area is 243 Å². The van der Waals surface area contributed by atoms with E-state index in [9.17, 15) is 9.59 Å². The number of benzene rings is 1. The summed E-state index contributed by atoms with van der Waals surface area (Å²) in [5.74, 6) is 0.311. The van der Waals surface area contributed by atoms with Crippen molar-refractivity contribution in [3.63, 3.8) is 0 Å². The number of hydrogen-bond donors (Lipinski definition) is 2. The second kappa shape index (κ2) is 12.5. The number of aliphatic imine (C=N–C) groups is 1. The molecule has 2 aliphatic carbocycles. The average molecular weight is 564 g/mol. The molecule has 5 aliphatic rings. The molecule has 4 atom stereocenters. The van der Waals surface area contributed by atoms with E-state index in [1.807, 2.05) is 12.1 Å². The van der Waals surface area contributed by atoms with Gasteiger partial charge < -0.3 is 20.6 Å². The molecule has 1 aromatic carbocycles. The second-order valence-electron chi connectivity index (χ2n) is 13.0. The topological polar surface area (TPSA) is 121 Å². The first-order chi connectivity index (χ1) is 19.9. The summed E-state index contributed by atoms with van der Waals surface area (Å²) in [5.41, 5.74) is 8.68. The van der Waals surface area contributed by atoms with Gasteiger partial charge in [-0.3, -0.25) is 9.69 Å². The van der Waals surface area contributed by atoms with Crippen molar-refractivity contribution in [2.24, 2.45) is 27.7 Å². The van der Waals surface area contributed by atoms with Crippen LogP contribution in [-0.4, -0.2) is 70.6 Å². The molecule has 0 aromatic heterocycles. The van der Waals surface area contributed by atoms with E-state index >= 15 is 0 Å². The van der Waals surface area contributed by atoms with Crippen LogP contribution in [0.3, 0.4) is 0 Å². The van der Waals surface area contributed by atoms with Gasteiger partial charge in [-0.1, -0.05) is 49.4 Å². The van der Waals surface area contributed by atoms with Crippen LogP contribution in [0.1, 0.15) is 89.9 Å². The summed E-state index contributed by atoms with van der Waals surface area (Å²) in [6, 6.07) is 10.6. The summed E-state index contributed by atoms with van der Waals surface area (Å²) in [6.07, 6.45) is 16.5. The summed E-state index contributed by atoms with van der Waals surface area (Å²) >= 11 is 0. The molecule has 3 N–H and O–H groups in total. The normalized spacial score (nSPS) is 32.0. The molecule has 3 heterocycles. The van der Waals surface area contributed by atoms with Crippen molar-refractivity contribution < 1.29 is 19.5 Å². The zero-order chi connectivity index (χ0) is 28.3. The minimum atomic E-state index is -1.10. The Morgan fingerprint density at radius 1 is 0.902 bits per heavy atom. The van der Waals surface area contributed by atoms with Gasteiger partial charge in [0.25, 0.3) is 0 Å². The number of oxime groups is 1. The molecule has 6 rings (SSSR count).